The van der Waals surface area contributed by atoms with Crippen LogP contribution in [0.1, 0.15) is 13.8 Å². The van der Waals surface area contributed by atoms with Gasteiger partial charge in [-0.25, -0.2) is 4.39 Å². The lowest BCUT2D eigenvalue weighted by atomic mass is 10.0. The van der Waals surface area contributed by atoms with Gasteiger partial charge in [0, 0.05) is 6.07 Å². The van der Waals surface area contributed by atoms with E-state index in [2.05, 4.69) is 0 Å². The van der Waals surface area contributed by atoms with Crippen molar-refractivity contribution in [2.75, 3.05) is 11.4 Å². The van der Waals surface area contributed by atoms with Crippen molar-refractivity contribution in [3.8, 4) is 5.75 Å². The van der Waals surface area contributed by atoms with E-state index in [4.69, 9.17) is 9.84 Å². The van der Waals surface area contributed by atoms with Gasteiger partial charge in [0.25, 0.3) is 5.91 Å². The van der Waals surface area contributed by atoms with Gasteiger partial charge < -0.3 is 9.84 Å². The van der Waals surface area contributed by atoms with Gasteiger partial charge in [-0.2, -0.15) is 0 Å². The fourth-order valence-corrected chi connectivity index (χ4v) is 1.83. The molecule has 0 spiro atoms. The van der Waals surface area contributed by atoms with Gasteiger partial charge in [-0.05, 0) is 26.0 Å². The van der Waals surface area contributed by atoms with E-state index in [-0.39, 0.29) is 5.69 Å². The predicted molar refractivity (Wildman–Crippen MR) is 61.1 cm³/mol. The van der Waals surface area contributed by atoms with Gasteiger partial charge in [0.05, 0.1) is 5.69 Å². The standard InChI is InChI=1S/C12H12FNO4/c1-12(2)11(17)14(6-10(15)16)8-5-7(13)3-4-9(8)18-12/h3-5H,6H2,1-2H3,(H,15,16). The molecule has 5 nitrogen and oxygen atoms in total. The monoisotopic (exact) mass is 253 g/mol. The Hall–Kier alpha value is -2.11. The highest BCUT2D eigenvalue weighted by atomic mass is 19.1. The lowest BCUT2D eigenvalue weighted by Gasteiger charge is -2.37. The second-order valence-electron chi connectivity index (χ2n) is 4.51. The zero-order chi connectivity index (χ0) is 13.5. The van der Waals surface area contributed by atoms with Crippen molar-refractivity contribution in [1.29, 1.82) is 0 Å². The Morgan fingerprint density at radius 2 is 2.17 bits per heavy atom. The number of anilines is 1. The van der Waals surface area contributed by atoms with Crippen molar-refractivity contribution < 1.29 is 23.8 Å². The van der Waals surface area contributed by atoms with Crippen LogP contribution in [0.5, 0.6) is 5.75 Å². The minimum absolute atomic E-state index is 0.140. The van der Waals surface area contributed by atoms with E-state index in [1.807, 2.05) is 0 Å². The number of hydrogen-bond acceptors (Lipinski definition) is 3. The highest BCUT2D eigenvalue weighted by Gasteiger charge is 2.41. The van der Waals surface area contributed by atoms with Crippen LogP contribution >= 0.6 is 0 Å². The lowest BCUT2D eigenvalue weighted by molar-refractivity contribution is -0.139. The number of ether oxygens (including phenoxy) is 1. The van der Waals surface area contributed by atoms with Gasteiger partial charge in [-0.1, -0.05) is 0 Å². The Morgan fingerprint density at radius 1 is 1.50 bits per heavy atom. The molecule has 1 N–H and O–H groups in total. The quantitative estimate of drug-likeness (QED) is 0.865. The molecule has 96 valence electrons. The number of nitrogens with zero attached hydrogens (tertiary/aromatic N) is 1. The minimum Gasteiger partial charge on any atom is -0.480 e. The molecule has 0 saturated carbocycles. The number of carboxylic acids is 1. The fraction of sp³-hybridized carbons (Fsp3) is 0.333. The summed E-state index contributed by atoms with van der Waals surface area (Å²) in [7, 11) is 0. The van der Waals surface area contributed by atoms with Crippen LogP contribution in [0, 0.1) is 5.82 Å². The second-order valence-corrected chi connectivity index (χ2v) is 4.51. The summed E-state index contributed by atoms with van der Waals surface area (Å²) in [6.07, 6.45) is 0. The van der Waals surface area contributed by atoms with Crippen LogP contribution in [0.2, 0.25) is 0 Å². The Bertz CT molecular complexity index is 527. The zero-order valence-corrected chi connectivity index (χ0v) is 9.94. The molecule has 0 aromatic heterocycles. The molecular formula is C12H12FNO4. The molecule has 0 atom stereocenters. The van der Waals surface area contributed by atoms with Crippen LogP contribution < -0.4 is 9.64 Å². The van der Waals surface area contributed by atoms with Crippen LogP contribution in [0.15, 0.2) is 18.2 Å². The number of fused-ring (bicyclic) bond motifs is 1. The number of carbonyl (C=O) groups excluding carboxylic acids is 1. The first kappa shape index (κ1) is 12.3. The molecule has 1 aromatic carbocycles. The lowest BCUT2D eigenvalue weighted by Crippen LogP contribution is -2.53. The third kappa shape index (κ3) is 2.01. The summed E-state index contributed by atoms with van der Waals surface area (Å²) in [5.41, 5.74) is -1.03. The van der Waals surface area contributed by atoms with Crippen LogP contribution in [-0.4, -0.2) is 29.1 Å². The van der Waals surface area contributed by atoms with E-state index in [0.29, 0.717) is 5.75 Å². The third-order valence-corrected chi connectivity index (χ3v) is 2.63. The Morgan fingerprint density at radius 3 is 2.78 bits per heavy atom. The summed E-state index contributed by atoms with van der Waals surface area (Å²) in [5.74, 6) is -1.94. The molecule has 1 aliphatic rings. The maximum Gasteiger partial charge on any atom is 0.323 e. The Labute approximate surface area is 103 Å². The van der Waals surface area contributed by atoms with Crippen molar-refractivity contribution in [2.24, 2.45) is 0 Å². The van der Waals surface area contributed by atoms with Crippen LogP contribution in [0.25, 0.3) is 0 Å². The van der Waals surface area contributed by atoms with Crippen LogP contribution in [0.3, 0.4) is 0 Å². The Balaban J connectivity index is 2.53. The number of amides is 1. The molecule has 1 heterocycles. The zero-order valence-electron chi connectivity index (χ0n) is 9.94. The summed E-state index contributed by atoms with van der Waals surface area (Å²) in [4.78, 5) is 23.9. The van der Waals surface area contributed by atoms with Crippen molar-refractivity contribution in [1.82, 2.24) is 0 Å². The fourth-order valence-electron chi connectivity index (χ4n) is 1.83. The van der Waals surface area contributed by atoms with Gasteiger partial charge >= 0.3 is 5.97 Å². The maximum atomic E-state index is 13.2. The summed E-state index contributed by atoms with van der Waals surface area (Å²) < 4.78 is 18.6. The molecule has 1 aliphatic heterocycles. The number of carbonyl (C=O) groups is 2. The molecule has 0 bridgehead atoms. The van der Waals surface area contributed by atoms with Crippen LogP contribution in [0.4, 0.5) is 10.1 Å². The van der Waals surface area contributed by atoms with Gasteiger partial charge in [-0.3, -0.25) is 14.5 Å². The van der Waals surface area contributed by atoms with Gasteiger partial charge in [0.1, 0.15) is 18.1 Å². The average Bonchev–Trinajstić information content (AvgIpc) is 2.25. The smallest absolute Gasteiger partial charge is 0.323 e. The number of carboxylic acid groups (broad SMARTS) is 1. The van der Waals surface area contributed by atoms with Crippen LogP contribution in [-0.2, 0) is 9.59 Å². The second kappa shape index (κ2) is 3.97. The van der Waals surface area contributed by atoms with Crippen molar-refractivity contribution in [2.45, 2.75) is 19.4 Å². The topological polar surface area (TPSA) is 66.8 Å². The third-order valence-electron chi connectivity index (χ3n) is 2.63. The number of aliphatic carboxylic acids is 1. The molecule has 1 amide bonds. The summed E-state index contributed by atoms with van der Waals surface area (Å²) in [5, 5.41) is 8.82. The molecule has 1 aromatic rings. The predicted octanol–water partition coefficient (Wildman–Crippen LogP) is 1.41. The molecule has 18 heavy (non-hydrogen) atoms. The van der Waals surface area contributed by atoms with Gasteiger partial charge in [0.15, 0.2) is 5.60 Å². The number of hydrogen-bond donors (Lipinski definition) is 1. The van der Waals surface area contributed by atoms with Gasteiger partial charge in [-0.15, -0.1) is 0 Å². The highest BCUT2D eigenvalue weighted by molar-refractivity contribution is 6.04. The maximum absolute atomic E-state index is 13.2. The largest absolute Gasteiger partial charge is 0.480 e. The molecular weight excluding hydrogens is 241 g/mol. The summed E-state index contributed by atoms with van der Waals surface area (Å²) >= 11 is 0. The van der Waals surface area contributed by atoms with Crippen molar-refractivity contribution in [3.63, 3.8) is 0 Å². The first-order valence-electron chi connectivity index (χ1n) is 5.33. The van der Waals surface area contributed by atoms with Crippen molar-refractivity contribution in [3.05, 3.63) is 24.0 Å². The molecule has 0 saturated heterocycles. The van der Waals surface area contributed by atoms with Gasteiger partial charge in [0.2, 0.25) is 0 Å². The van der Waals surface area contributed by atoms with E-state index in [0.717, 1.165) is 11.0 Å². The first-order valence-corrected chi connectivity index (χ1v) is 5.33. The molecule has 6 heteroatoms. The van der Waals surface area contributed by atoms with E-state index in [9.17, 15) is 14.0 Å². The SMILES string of the molecule is CC1(C)Oc2ccc(F)cc2N(CC(=O)O)C1=O. The highest BCUT2D eigenvalue weighted by Crippen LogP contribution is 2.37. The summed E-state index contributed by atoms with van der Waals surface area (Å²) in [6.45, 7) is 2.55. The van der Waals surface area contributed by atoms with E-state index >= 15 is 0 Å². The molecule has 0 aliphatic carbocycles. The van der Waals surface area contributed by atoms with E-state index < -0.39 is 29.8 Å². The minimum atomic E-state index is -1.17. The summed E-state index contributed by atoms with van der Waals surface area (Å²) in [6, 6.07) is 3.67. The first-order chi connectivity index (χ1) is 8.31. The number of rotatable bonds is 2. The Kier molecular flexibility index (Phi) is 2.73. The molecule has 0 unspecified atom stereocenters. The normalized spacial score (nSPS) is 17.1. The van der Waals surface area contributed by atoms with Crippen molar-refractivity contribution >= 4 is 17.6 Å². The number of halogens is 1. The number of benzene rings is 1. The molecule has 0 radical (unpaired) electrons. The molecule has 2 rings (SSSR count). The molecule has 0 fully saturated rings. The van der Waals surface area contributed by atoms with E-state index in [1.54, 1.807) is 0 Å². The average molecular weight is 253 g/mol. The van der Waals surface area contributed by atoms with E-state index in [1.165, 1.54) is 26.0 Å².